The second-order valence-corrected chi connectivity index (χ2v) is 12.3. The minimum Gasteiger partial charge on any atom is -0.469 e. The summed E-state index contributed by atoms with van der Waals surface area (Å²) in [5.41, 5.74) is -3.97. The SMILES string of the molecule is CCC(CCc1ccc(C(F)(F)F)cc1CN1C(=O)OC(c2cc(C(F)(F)F)cc(C(F)(F)F)c2)C1C)C1CCC(C(=O)OC)CC1. The van der Waals surface area contributed by atoms with Crippen LogP contribution in [-0.4, -0.2) is 30.1 Å². The first-order chi connectivity index (χ1) is 21.8. The van der Waals surface area contributed by atoms with Gasteiger partial charge in [-0.2, -0.15) is 39.5 Å². The fraction of sp³-hybridized carbons (Fsp3) is 0.576. The molecule has 3 atom stereocenters. The predicted molar refractivity (Wildman–Crippen MR) is 152 cm³/mol. The highest BCUT2D eigenvalue weighted by molar-refractivity contribution is 5.72. The van der Waals surface area contributed by atoms with E-state index < -0.39 is 65.6 Å². The maximum Gasteiger partial charge on any atom is 0.416 e. The number of carbonyl (C=O) groups is 2. The summed E-state index contributed by atoms with van der Waals surface area (Å²) in [7, 11) is 1.35. The highest BCUT2D eigenvalue weighted by Gasteiger charge is 2.44. The molecule has 47 heavy (non-hydrogen) atoms. The lowest BCUT2D eigenvalue weighted by atomic mass is 9.73. The largest absolute Gasteiger partial charge is 0.469 e. The standard InChI is InChI=1S/C33H36F9NO4/c1-4-19(20-7-9-22(10-8-20)29(44)46-3)5-6-21-11-12-25(31(34,35)36)15-24(21)17-43-18(2)28(47-30(43)45)23-13-26(32(37,38)39)16-27(14-23)33(40,41)42/h11-16,18-20,22,28H,4-10,17H2,1-3H3. The lowest BCUT2D eigenvalue weighted by Gasteiger charge is -2.33. The first-order valence-corrected chi connectivity index (χ1v) is 15.4. The number of aryl methyl sites for hydroxylation is 1. The zero-order chi connectivity index (χ0) is 34.9. The molecule has 260 valence electrons. The molecule has 4 rings (SSSR count). The van der Waals surface area contributed by atoms with Gasteiger partial charge in [0.1, 0.15) is 6.10 Å². The Kier molecular flexibility index (Phi) is 10.8. The van der Waals surface area contributed by atoms with Crippen LogP contribution in [0.4, 0.5) is 44.3 Å². The molecule has 14 heteroatoms. The van der Waals surface area contributed by atoms with Crippen molar-refractivity contribution in [2.45, 2.75) is 96.0 Å². The molecule has 5 nitrogen and oxygen atoms in total. The van der Waals surface area contributed by atoms with Crippen LogP contribution in [0.15, 0.2) is 36.4 Å². The van der Waals surface area contributed by atoms with E-state index in [0.29, 0.717) is 49.3 Å². The van der Waals surface area contributed by atoms with E-state index in [2.05, 4.69) is 0 Å². The molecular formula is C33H36F9NO4. The Labute approximate surface area is 266 Å². The van der Waals surface area contributed by atoms with E-state index in [9.17, 15) is 49.1 Å². The van der Waals surface area contributed by atoms with Crippen LogP contribution in [0.5, 0.6) is 0 Å². The van der Waals surface area contributed by atoms with Crippen LogP contribution in [0.25, 0.3) is 0 Å². The van der Waals surface area contributed by atoms with Gasteiger partial charge in [-0.25, -0.2) is 4.79 Å². The summed E-state index contributed by atoms with van der Waals surface area (Å²) < 4.78 is 132. The van der Waals surface area contributed by atoms with Gasteiger partial charge in [-0.05, 0) is 104 Å². The summed E-state index contributed by atoms with van der Waals surface area (Å²) in [6.45, 7) is 2.97. The van der Waals surface area contributed by atoms with Gasteiger partial charge in [-0.1, -0.05) is 19.4 Å². The Morgan fingerprint density at radius 1 is 0.872 bits per heavy atom. The smallest absolute Gasteiger partial charge is 0.416 e. The Bertz CT molecular complexity index is 1400. The first kappa shape index (κ1) is 36.4. The fourth-order valence-corrected chi connectivity index (χ4v) is 6.79. The van der Waals surface area contributed by atoms with Gasteiger partial charge < -0.3 is 9.47 Å². The number of benzene rings is 2. The van der Waals surface area contributed by atoms with Crippen molar-refractivity contribution in [3.05, 3.63) is 69.8 Å². The van der Waals surface area contributed by atoms with Crippen LogP contribution in [-0.2, 0) is 45.8 Å². The van der Waals surface area contributed by atoms with Crippen LogP contribution >= 0.6 is 0 Å². The molecule has 0 radical (unpaired) electrons. The second kappa shape index (κ2) is 14.0. The summed E-state index contributed by atoms with van der Waals surface area (Å²) in [6, 6.07) is 3.01. The van der Waals surface area contributed by atoms with Crippen LogP contribution in [0, 0.1) is 17.8 Å². The highest BCUT2D eigenvalue weighted by Crippen LogP contribution is 2.42. The predicted octanol–water partition coefficient (Wildman–Crippen LogP) is 9.76. The zero-order valence-corrected chi connectivity index (χ0v) is 26.0. The third-order valence-corrected chi connectivity index (χ3v) is 9.49. The Balaban J connectivity index is 1.57. The molecule has 2 fully saturated rings. The van der Waals surface area contributed by atoms with Gasteiger partial charge in [0.05, 0.1) is 35.8 Å². The Morgan fingerprint density at radius 3 is 1.96 bits per heavy atom. The van der Waals surface area contributed by atoms with Gasteiger partial charge in [0.25, 0.3) is 0 Å². The molecule has 3 unspecified atom stereocenters. The second-order valence-electron chi connectivity index (χ2n) is 12.3. The van der Waals surface area contributed by atoms with Gasteiger partial charge in [-0.15, -0.1) is 0 Å². The highest BCUT2D eigenvalue weighted by atomic mass is 19.4. The molecular weight excluding hydrogens is 645 g/mol. The van der Waals surface area contributed by atoms with Crippen molar-refractivity contribution in [1.82, 2.24) is 4.90 Å². The molecule has 1 heterocycles. The fourth-order valence-electron chi connectivity index (χ4n) is 6.79. The van der Waals surface area contributed by atoms with E-state index in [1.807, 2.05) is 6.92 Å². The molecule has 2 aromatic carbocycles. The molecule has 1 amide bonds. The van der Waals surface area contributed by atoms with E-state index in [0.717, 1.165) is 36.3 Å². The van der Waals surface area contributed by atoms with Crippen LogP contribution in [0.2, 0.25) is 0 Å². The van der Waals surface area contributed by atoms with Crippen molar-refractivity contribution in [3.8, 4) is 0 Å². The summed E-state index contributed by atoms with van der Waals surface area (Å²) in [5.74, 6) is 0.128. The maximum atomic E-state index is 13.7. The van der Waals surface area contributed by atoms with Crippen LogP contribution in [0.3, 0.4) is 0 Å². The minimum absolute atomic E-state index is 0.0357. The van der Waals surface area contributed by atoms with Crippen molar-refractivity contribution >= 4 is 12.1 Å². The van der Waals surface area contributed by atoms with E-state index in [1.165, 1.54) is 20.1 Å². The first-order valence-electron chi connectivity index (χ1n) is 15.4. The van der Waals surface area contributed by atoms with Crippen molar-refractivity contribution in [1.29, 1.82) is 0 Å². The summed E-state index contributed by atoms with van der Waals surface area (Å²) >= 11 is 0. The number of amides is 1. The van der Waals surface area contributed by atoms with Crippen LogP contribution in [0.1, 0.15) is 91.9 Å². The molecule has 1 saturated carbocycles. The molecule has 0 aromatic heterocycles. The number of carbonyl (C=O) groups excluding carboxylic acids is 2. The lowest BCUT2D eigenvalue weighted by molar-refractivity contribution is -0.147. The third kappa shape index (κ3) is 8.53. The maximum absolute atomic E-state index is 13.7. The van der Waals surface area contributed by atoms with Gasteiger partial charge in [0.15, 0.2) is 0 Å². The van der Waals surface area contributed by atoms with E-state index in [4.69, 9.17) is 9.47 Å². The third-order valence-electron chi connectivity index (χ3n) is 9.49. The quantitative estimate of drug-likeness (QED) is 0.195. The van der Waals surface area contributed by atoms with Gasteiger partial charge >= 0.3 is 30.6 Å². The monoisotopic (exact) mass is 681 g/mol. The minimum atomic E-state index is -5.12. The summed E-state index contributed by atoms with van der Waals surface area (Å²) in [6.07, 6.45) is -12.8. The molecule has 0 N–H and O–H groups in total. The summed E-state index contributed by atoms with van der Waals surface area (Å²) in [4.78, 5) is 25.9. The van der Waals surface area contributed by atoms with E-state index >= 15 is 0 Å². The number of ether oxygens (including phenoxy) is 2. The molecule has 2 aliphatic rings. The zero-order valence-electron chi connectivity index (χ0n) is 26.0. The lowest BCUT2D eigenvalue weighted by Crippen LogP contribution is -2.32. The van der Waals surface area contributed by atoms with Crippen molar-refractivity contribution in [2.24, 2.45) is 17.8 Å². The normalized spacial score (nSPS) is 23.1. The number of hydrogen-bond donors (Lipinski definition) is 0. The van der Waals surface area contributed by atoms with Gasteiger partial charge in [0.2, 0.25) is 0 Å². The topological polar surface area (TPSA) is 55.8 Å². The molecule has 0 spiro atoms. The molecule has 1 aliphatic heterocycles. The van der Waals surface area contributed by atoms with E-state index in [-0.39, 0.29) is 29.4 Å². The van der Waals surface area contributed by atoms with Gasteiger partial charge in [0, 0.05) is 6.54 Å². The average molecular weight is 682 g/mol. The van der Waals surface area contributed by atoms with Crippen molar-refractivity contribution in [3.63, 3.8) is 0 Å². The number of methoxy groups -OCH3 is 1. The molecule has 1 saturated heterocycles. The summed E-state index contributed by atoms with van der Waals surface area (Å²) in [5, 5.41) is 0. The number of alkyl halides is 9. The molecule has 0 bridgehead atoms. The number of rotatable bonds is 9. The number of halogens is 9. The molecule has 2 aromatic rings. The van der Waals surface area contributed by atoms with E-state index in [1.54, 1.807) is 0 Å². The number of hydrogen-bond acceptors (Lipinski definition) is 4. The number of cyclic esters (lactones) is 1. The number of nitrogens with zero attached hydrogens (tertiary/aromatic N) is 1. The van der Waals surface area contributed by atoms with Gasteiger partial charge in [-0.3, -0.25) is 9.69 Å². The number of esters is 1. The average Bonchev–Trinajstić information content (AvgIpc) is 3.28. The van der Waals surface area contributed by atoms with Crippen molar-refractivity contribution in [2.75, 3.05) is 7.11 Å². The van der Waals surface area contributed by atoms with Crippen molar-refractivity contribution < 1.29 is 58.6 Å². The Morgan fingerprint density at radius 2 is 1.45 bits per heavy atom. The molecule has 1 aliphatic carbocycles. The Hall–Kier alpha value is -3.45. The van der Waals surface area contributed by atoms with Crippen LogP contribution < -0.4 is 0 Å².